The molecular weight excluding hydrogens is 558 g/mol. The van der Waals surface area contributed by atoms with Crippen LogP contribution in [0.25, 0.3) is 0 Å². The minimum absolute atomic E-state index is 0.171. The van der Waals surface area contributed by atoms with E-state index in [2.05, 4.69) is 43.5 Å². The van der Waals surface area contributed by atoms with Crippen molar-refractivity contribution in [2.45, 2.75) is 218 Å². The smallest absolute Gasteiger partial charge is 0.220 e. The molecule has 0 aromatic heterocycles. The van der Waals surface area contributed by atoms with Crippen molar-refractivity contribution >= 4 is 5.91 Å². The van der Waals surface area contributed by atoms with E-state index < -0.39 is 18.2 Å². The number of aliphatic hydroxyl groups excluding tert-OH is 3. The zero-order valence-electron chi connectivity index (χ0n) is 30.0. The average molecular weight is 636 g/mol. The summed E-state index contributed by atoms with van der Waals surface area (Å²) in [4.78, 5) is 12.3. The number of aliphatic hydroxyl groups is 3. The van der Waals surface area contributed by atoms with Crippen LogP contribution in [-0.2, 0) is 4.79 Å². The highest BCUT2D eigenvalue weighted by Gasteiger charge is 2.26. The summed E-state index contributed by atoms with van der Waals surface area (Å²) in [7, 11) is 0. The van der Waals surface area contributed by atoms with Crippen molar-refractivity contribution in [1.82, 2.24) is 5.32 Å². The Labute approximate surface area is 280 Å². The van der Waals surface area contributed by atoms with Gasteiger partial charge in [0.25, 0.3) is 0 Å². The molecule has 0 rings (SSSR count). The number of allylic oxidation sites excluding steroid dienone is 4. The molecular formula is C40H77NO4. The van der Waals surface area contributed by atoms with Gasteiger partial charge in [0.2, 0.25) is 5.91 Å². The van der Waals surface area contributed by atoms with E-state index >= 15 is 0 Å². The van der Waals surface area contributed by atoms with Gasteiger partial charge in [-0.15, -0.1) is 0 Å². The fourth-order valence-corrected chi connectivity index (χ4v) is 5.92. The molecule has 4 N–H and O–H groups in total. The lowest BCUT2D eigenvalue weighted by molar-refractivity contribution is -0.124. The van der Waals surface area contributed by atoms with Crippen LogP contribution in [-0.4, -0.2) is 46.1 Å². The van der Waals surface area contributed by atoms with E-state index in [-0.39, 0.29) is 12.5 Å². The number of rotatable bonds is 35. The van der Waals surface area contributed by atoms with Crippen molar-refractivity contribution < 1.29 is 20.1 Å². The van der Waals surface area contributed by atoms with Crippen molar-refractivity contribution in [2.24, 2.45) is 0 Å². The number of hydrogen-bond donors (Lipinski definition) is 4. The summed E-state index contributed by atoms with van der Waals surface area (Å²) >= 11 is 0. The molecule has 45 heavy (non-hydrogen) atoms. The van der Waals surface area contributed by atoms with Gasteiger partial charge in [-0.3, -0.25) is 4.79 Å². The van der Waals surface area contributed by atoms with Gasteiger partial charge in [0.1, 0.15) is 6.10 Å². The summed E-state index contributed by atoms with van der Waals surface area (Å²) in [5.41, 5.74) is 0. The number of nitrogens with one attached hydrogen (secondary N) is 1. The maximum atomic E-state index is 12.3. The molecule has 0 aliphatic rings. The minimum Gasteiger partial charge on any atom is -0.394 e. The molecule has 5 heteroatoms. The maximum Gasteiger partial charge on any atom is 0.220 e. The fraction of sp³-hybridized carbons (Fsp3) is 0.875. The third-order valence-electron chi connectivity index (χ3n) is 9.03. The highest BCUT2D eigenvalue weighted by molar-refractivity contribution is 5.76. The second-order valence-electron chi connectivity index (χ2n) is 13.5. The van der Waals surface area contributed by atoms with Crippen molar-refractivity contribution in [3.8, 4) is 0 Å². The number of hydrogen-bond acceptors (Lipinski definition) is 4. The predicted molar refractivity (Wildman–Crippen MR) is 195 cm³/mol. The fourth-order valence-electron chi connectivity index (χ4n) is 5.92. The molecule has 0 aliphatic heterocycles. The van der Waals surface area contributed by atoms with Crippen LogP contribution < -0.4 is 5.32 Å². The van der Waals surface area contributed by atoms with E-state index in [0.29, 0.717) is 12.8 Å². The van der Waals surface area contributed by atoms with Gasteiger partial charge in [0.05, 0.1) is 18.8 Å². The van der Waals surface area contributed by atoms with Gasteiger partial charge < -0.3 is 20.6 Å². The predicted octanol–water partition coefficient (Wildman–Crippen LogP) is 10.7. The van der Waals surface area contributed by atoms with E-state index in [9.17, 15) is 20.1 Å². The molecule has 0 radical (unpaired) electrons. The SMILES string of the molecule is CCCCCCCC/C=C\CCCCCC(=O)NC(CO)C(O)C(O)CCC/C=C/CCCCCCCCCCCCCCC. The lowest BCUT2D eigenvalue weighted by atomic mass is 10.0. The molecule has 0 aliphatic carbocycles. The number of carbonyl (C=O) groups is 1. The van der Waals surface area contributed by atoms with E-state index in [1.807, 2.05) is 0 Å². The maximum absolute atomic E-state index is 12.3. The first-order valence-electron chi connectivity index (χ1n) is 19.6. The normalized spacial score (nSPS) is 14.0. The Kier molecular flexibility index (Phi) is 34.8. The van der Waals surface area contributed by atoms with Crippen LogP contribution in [0.4, 0.5) is 0 Å². The molecule has 266 valence electrons. The topological polar surface area (TPSA) is 89.8 Å². The van der Waals surface area contributed by atoms with E-state index in [1.54, 1.807) is 0 Å². The monoisotopic (exact) mass is 636 g/mol. The zero-order chi connectivity index (χ0) is 33.1. The van der Waals surface area contributed by atoms with Crippen molar-refractivity contribution in [1.29, 1.82) is 0 Å². The van der Waals surface area contributed by atoms with Crippen LogP contribution >= 0.6 is 0 Å². The van der Waals surface area contributed by atoms with Gasteiger partial charge in [-0.05, 0) is 64.2 Å². The Balaban J connectivity index is 3.72. The summed E-state index contributed by atoms with van der Waals surface area (Å²) in [5.74, 6) is -0.171. The zero-order valence-corrected chi connectivity index (χ0v) is 30.0. The van der Waals surface area contributed by atoms with Crippen LogP contribution in [0.3, 0.4) is 0 Å². The van der Waals surface area contributed by atoms with Gasteiger partial charge in [-0.1, -0.05) is 154 Å². The molecule has 0 aromatic rings. The largest absolute Gasteiger partial charge is 0.394 e. The molecule has 0 aromatic carbocycles. The Morgan fingerprint density at radius 1 is 0.533 bits per heavy atom. The number of amides is 1. The van der Waals surface area contributed by atoms with Crippen molar-refractivity contribution in [2.75, 3.05) is 6.61 Å². The Hall–Kier alpha value is -1.17. The first-order chi connectivity index (χ1) is 22.1. The summed E-state index contributed by atoms with van der Waals surface area (Å²) in [5, 5.41) is 33.4. The standard InChI is InChI=1S/C40H77NO4/c1-3-5-7-9-11-13-15-17-18-19-20-21-23-24-26-28-30-32-34-38(43)40(45)37(36-42)41-39(44)35-33-31-29-27-25-22-16-14-12-10-8-6-4-2/h22,25-26,28,37-38,40,42-43,45H,3-21,23-24,27,29-36H2,1-2H3,(H,41,44)/b25-22-,28-26+. The number of carbonyl (C=O) groups excluding carboxylic acids is 1. The summed E-state index contributed by atoms with van der Waals surface area (Å²) in [6.07, 6.45) is 41.3. The molecule has 0 fully saturated rings. The third kappa shape index (κ3) is 31.2. The van der Waals surface area contributed by atoms with Crippen molar-refractivity contribution in [3.05, 3.63) is 24.3 Å². The summed E-state index contributed by atoms with van der Waals surface area (Å²) < 4.78 is 0. The lowest BCUT2D eigenvalue weighted by Gasteiger charge is -2.26. The quantitative estimate of drug-likeness (QED) is 0.0412. The first-order valence-corrected chi connectivity index (χ1v) is 19.6. The van der Waals surface area contributed by atoms with E-state index in [1.165, 1.54) is 128 Å². The molecule has 3 atom stereocenters. The summed E-state index contributed by atoms with van der Waals surface area (Å²) in [6.45, 7) is 4.14. The molecule has 0 saturated heterocycles. The highest BCUT2D eigenvalue weighted by Crippen LogP contribution is 2.14. The molecule has 0 bridgehead atoms. The Bertz CT molecular complexity index is 665. The first kappa shape index (κ1) is 43.8. The Morgan fingerprint density at radius 3 is 1.29 bits per heavy atom. The molecule has 0 saturated carbocycles. The lowest BCUT2D eigenvalue weighted by Crippen LogP contribution is -2.50. The van der Waals surface area contributed by atoms with E-state index in [4.69, 9.17) is 0 Å². The molecule has 3 unspecified atom stereocenters. The van der Waals surface area contributed by atoms with Crippen LogP contribution in [0.2, 0.25) is 0 Å². The van der Waals surface area contributed by atoms with Crippen molar-refractivity contribution in [3.63, 3.8) is 0 Å². The minimum atomic E-state index is -1.16. The van der Waals surface area contributed by atoms with Crippen LogP contribution in [0.15, 0.2) is 24.3 Å². The molecule has 0 spiro atoms. The molecule has 5 nitrogen and oxygen atoms in total. The second-order valence-corrected chi connectivity index (χ2v) is 13.5. The van der Waals surface area contributed by atoms with Gasteiger partial charge in [0, 0.05) is 6.42 Å². The average Bonchev–Trinajstić information content (AvgIpc) is 3.04. The van der Waals surface area contributed by atoms with E-state index in [0.717, 1.165) is 44.9 Å². The van der Waals surface area contributed by atoms with Gasteiger partial charge in [-0.2, -0.15) is 0 Å². The van der Waals surface area contributed by atoms with Crippen LogP contribution in [0, 0.1) is 0 Å². The molecule has 1 amide bonds. The third-order valence-corrected chi connectivity index (χ3v) is 9.03. The summed E-state index contributed by atoms with van der Waals surface area (Å²) in [6, 6.07) is -0.830. The van der Waals surface area contributed by atoms with Gasteiger partial charge in [0.15, 0.2) is 0 Å². The Morgan fingerprint density at radius 2 is 0.889 bits per heavy atom. The second kappa shape index (κ2) is 35.7. The van der Waals surface area contributed by atoms with Gasteiger partial charge in [-0.25, -0.2) is 0 Å². The van der Waals surface area contributed by atoms with Crippen LogP contribution in [0.1, 0.15) is 200 Å². The van der Waals surface area contributed by atoms with Gasteiger partial charge >= 0.3 is 0 Å². The highest BCUT2D eigenvalue weighted by atomic mass is 16.3. The van der Waals surface area contributed by atoms with Crippen LogP contribution in [0.5, 0.6) is 0 Å². The molecule has 0 heterocycles. The number of unbranched alkanes of at least 4 members (excludes halogenated alkanes) is 23.